The van der Waals surface area contributed by atoms with Crippen LogP contribution in [0.3, 0.4) is 0 Å². The molecule has 0 radical (unpaired) electrons. The predicted octanol–water partition coefficient (Wildman–Crippen LogP) is 13.4. The van der Waals surface area contributed by atoms with Crippen LogP contribution in [0.2, 0.25) is 0 Å². The van der Waals surface area contributed by atoms with Crippen molar-refractivity contribution in [2.75, 3.05) is 4.90 Å². The van der Waals surface area contributed by atoms with Crippen LogP contribution in [-0.2, 0) is 5.41 Å². The number of hydrogen-bond acceptors (Lipinski definition) is 3. The molecular weight excluding hydrogens is 619 g/mol. The average Bonchev–Trinajstić information content (AvgIpc) is 3.35. The predicted molar refractivity (Wildman–Crippen MR) is 204 cm³/mol. The Labute approximate surface area is 291 Å². The van der Waals surface area contributed by atoms with Crippen LogP contribution < -0.4 is 4.90 Å². The first-order chi connectivity index (χ1) is 23.5. The highest BCUT2D eigenvalue weighted by molar-refractivity contribution is 8.05. The van der Waals surface area contributed by atoms with Gasteiger partial charge >= 0.3 is 0 Å². The van der Waals surface area contributed by atoms with Gasteiger partial charge in [0.2, 0.25) is 0 Å². The van der Waals surface area contributed by atoms with E-state index in [-0.39, 0.29) is 5.41 Å². The fourth-order valence-corrected chi connectivity index (χ4v) is 9.49. The smallest absolute Gasteiger partial charge is 0.0468 e. The summed E-state index contributed by atoms with van der Waals surface area (Å²) in [5.74, 6) is 0. The molecule has 3 heteroatoms. The van der Waals surface area contributed by atoms with Gasteiger partial charge in [-0.1, -0.05) is 140 Å². The molecule has 1 aliphatic carbocycles. The SMILES string of the molecule is CC1(C)c2ccc(N(c3ccc(-c4ccccc4)cc3)c3ccc(-c4ccccc4)cc3)cc2-c2cc3c(cc21)Sc1ccccc1S3. The molecule has 0 spiro atoms. The zero-order valence-corrected chi connectivity index (χ0v) is 28.5. The minimum absolute atomic E-state index is 0.0834. The van der Waals surface area contributed by atoms with Gasteiger partial charge in [-0.2, -0.15) is 0 Å². The third-order valence-corrected chi connectivity index (χ3v) is 12.3. The van der Waals surface area contributed by atoms with Gasteiger partial charge in [-0.25, -0.2) is 0 Å². The van der Waals surface area contributed by atoms with Crippen LogP contribution in [0.25, 0.3) is 33.4 Å². The Morgan fingerprint density at radius 3 is 1.35 bits per heavy atom. The summed E-state index contributed by atoms with van der Waals surface area (Å²) in [5.41, 5.74) is 13.7. The maximum absolute atomic E-state index is 2.46. The Balaban J connectivity index is 1.16. The number of rotatable bonds is 5. The molecular formula is C45H33NS2. The van der Waals surface area contributed by atoms with E-state index in [1.165, 1.54) is 64.1 Å². The summed E-state index contributed by atoms with van der Waals surface area (Å²) in [6, 6.07) is 59.9. The molecule has 0 unspecified atom stereocenters. The summed E-state index contributed by atoms with van der Waals surface area (Å²) < 4.78 is 0. The molecule has 0 fully saturated rings. The molecule has 0 bridgehead atoms. The first-order valence-corrected chi connectivity index (χ1v) is 18.1. The Morgan fingerprint density at radius 1 is 0.375 bits per heavy atom. The van der Waals surface area contributed by atoms with E-state index >= 15 is 0 Å². The van der Waals surface area contributed by atoms with Gasteiger partial charge in [-0.3, -0.25) is 0 Å². The standard InChI is InChI=1S/C45H33NS2/c1-45(2)39-26-25-36(27-37(39)38-28-43-44(29-40(38)45)48-42-16-10-9-15-41(42)47-43)46(34-21-17-32(18-22-34)30-11-5-3-6-12-30)35-23-19-33(20-24-35)31-13-7-4-8-14-31/h3-29H,1-2H3. The topological polar surface area (TPSA) is 3.24 Å². The van der Waals surface area contributed by atoms with E-state index in [2.05, 4.69) is 183 Å². The number of hydrogen-bond donors (Lipinski definition) is 0. The molecule has 9 rings (SSSR count). The van der Waals surface area contributed by atoms with Crippen LogP contribution in [-0.4, -0.2) is 0 Å². The second-order valence-electron chi connectivity index (χ2n) is 13.0. The number of nitrogens with zero attached hydrogens (tertiary/aromatic N) is 1. The van der Waals surface area contributed by atoms with Gasteiger partial charge in [0, 0.05) is 42.1 Å². The van der Waals surface area contributed by atoms with Crippen LogP contribution in [0.5, 0.6) is 0 Å². The molecule has 48 heavy (non-hydrogen) atoms. The van der Waals surface area contributed by atoms with E-state index in [0.29, 0.717) is 0 Å². The molecule has 7 aromatic rings. The molecule has 0 amide bonds. The highest BCUT2D eigenvalue weighted by Crippen LogP contribution is 2.56. The Morgan fingerprint density at radius 2 is 0.812 bits per heavy atom. The summed E-state index contributed by atoms with van der Waals surface area (Å²) in [7, 11) is 0. The zero-order chi connectivity index (χ0) is 32.2. The van der Waals surface area contributed by atoms with E-state index in [1.54, 1.807) is 0 Å². The van der Waals surface area contributed by atoms with Crippen LogP contribution in [0.4, 0.5) is 17.1 Å². The summed E-state index contributed by atoms with van der Waals surface area (Å²) in [4.78, 5) is 7.78. The summed E-state index contributed by atoms with van der Waals surface area (Å²) in [6.07, 6.45) is 0. The van der Waals surface area contributed by atoms with E-state index in [1.807, 2.05) is 23.5 Å². The van der Waals surface area contributed by atoms with Crippen molar-refractivity contribution in [2.45, 2.75) is 38.8 Å². The highest BCUT2D eigenvalue weighted by Gasteiger charge is 2.37. The Bertz CT molecular complexity index is 2210. The quantitative estimate of drug-likeness (QED) is 0.182. The lowest BCUT2D eigenvalue weighted by atomic mass is 9.82. The molecule has 7 aromatic carbocycles. The van der Waals surface area contributed by atoms with Crippen LogP contribution in [0.1, 0.15) is 25.0 Å². The van der Waals surface area contributed by atoms with Crippen molar-refractivity contribution >= 4 is 40.6 Å². The van der Waals surface area contributed by atoms with Gasteiger partial charge in [0.25, 0.3) is 0 Å². The van der Waals surface area contributed by atoms with Crippen molar-refractivity contribution in [1.82, 2.24) is 0 Å². The van der Waals surface area contributed by atoms with Crippen molar-refractivity contribution < 1.29 is 0 Å². The largest absolute Gasteiger partial charge is 0.310 e. The molecule has 0 saturated carbocycles. The van der Waals surface area contributed by atoms with Gasteiger partial charge in [0.1, 0.15) is 0 Å². The highest BCUT2D eigenvalue weighted by atomic mass is 32.2. The molecule has 1 aliphatic heterocycles. The third-order valence-electron chi connectivity index (χ3n) is 9.74. The van der Waals surface area contributed by atoms with Crippen LogP contribution in [0, 0.1) is 0 Å². The second kappa shape index (κ2) is 11.6. The molecule has 0 aromatic heterocycles. The molecule has 0 saturated heterocycles. The van der Waals surface area contributed by atoms with Crippen molar-refractivity contribution in [3.8, 4) is 33.4 Å². The maximum atomic E-state index is 2.46. The lowest BCUT2D eigenvalue weighted by Gasteiger charge is -2.27. The Kier molecular flexibility index (Phi) is 7.07. The normalized spacial score (nSPS) is 13.6. The zero-order valence-electron chi connectivity index (χ0n) is 26.9. The van der Waals surface area contributed by atoms with Crippen molar-refractivity contribution in [3.63, 3.8) is 0 Å². The van der Waals surface area contributed by atoms with Gasteiger partial charge in [-0.15, -0.1) is 0 Å². The van der Waals surface area contributed by atoms with Gasteiger partial charge in [0.15, 0.2) is 0 Å². The number of benzene rings is 7. The van der Waals surface area contributed by atoms with Gasteiger partial charge in [-0.05, 0) is 105 Å². The average molecular weight is 652 g/mol. The molecule has 1 heterocycles. The summed E-state index contributed by atoms with van der Waals surface area (Å²) in [6.45, 7) is 4.75. The molecule has 2 aliphatic rings. The number of anilines is 3. The third kappa shape index (κ3) is 4.97. The lowest BCUT2D eigenvalue weighted by molar-refractivity contribution is 0.657. The van der Waals surface area contributed by atoms with Gasteiger partial charge < -0.3 is 4.90 Å². The minimum atomic E-state index is -0.0834. The minimum Gasteiger partial charge on any atom is -0.310 e. The lowest BCUT2D eigenvalue weighted by Crippen LogP contribution is -2.15. The van der Waals surface area contributed by atoms with Crippen LogP contribution in [0.15, 0.2) is 183 Å². The van der Waals surface area contributed by atoms with E-state index in [4.69, 9.17) is 0 Å². The first-order valence-electron chi connectivity index (χ1n) is 16.4. The van der Waals surface area contributed by atoms with Crippen molar-refractivity contribution in [2.24, 2.45) is 0 Å². The second-order valence-corrected chi connectivity index (χ2v) is 15.2. The van der Waals surface area contributed by atoms with E-state index in [0.717, 1.165) is 17.1 Å². The van der Waals surface area contributed by atoms with Gasteiger partial charge in [0.05, 0.1) is 0 Å². The molecule has 0 atom stereocenters. The van der Waals surface area contributed by atoms with Crippen molar-refractivity contribution in [3.05, 3.63) is 175 Å². The molecule has 1 nitrogen and oxygen atoms in total. The Hall–Kier alpha value is -4.96. The fourth-order valence-electron chi connectivity index (χ4n) is 7.21. The van der Waals surface area contributed by atoms with Crippen LogP contribution >= 0.6 is 23.5 Å². The number of fused-ring (bicyclic) bond motifs is 5. The fraction of sp³-hybridized carbons (Fsp3) is 0.0667. The van der Waals surface area contributed by atoms with Crippen molar-refractivity contribution in [1.29, 1.82) is 0 Å². The first kappa shape index (κ1) is 29.2. The summed E-state index contributed by atoms with van der Waals surface area (Å²) in [5, 5.41) is 0. The maximum Gasteiger partial charge on any atom is 0.0468 e. The summed E-state index contributed by atoms with van der Waals surface area (Å²) >= 11 is 3.80. The van der Waals surface area contributed by atoms with E-state index in [9.17, 15) is 0 Å². The monoisotopic (exact) mass is 651 g/mol. The molecule has 230 valence electrons. The van der Waals surface area contributed by atoms with E-state index < -0.39 is 0 Å². The molecule has 0 N–H and O–H groups in total.